The van der Waals surface area contributed by atoms with Gasteiger partial charge in [-0.1, -0.05) is 6.07 Å². The SMILES string of the molecule is CCN(C)c1cccc(NC(=O)CNC(=O)c2cc(OC)c(OC)c(OC)c2)c1. The minimum absolute atomic E-state index is 0.177. The molecule has 0 aliphatic heterocycles. The lowest BCUT2D eigenvalue weighted by Crippen LogP contribution is -2.33. The summed E-state index contributed by atoms with van der Waals surface area (Å²) in [5.41, 5.74) is 1.94. The summed E-state index contributed by atoms with van der Waals surface area (Å²) in [5, 5.41) is 5.38. The first kappa shape index (κ1) is 21.9. The first-order chi connectivity index (χ1) is 13.9. The fourth-order valence-electron chi connectivity index (χ4n) is 2.68. The predicted molar refractivity (Wildman–Crippen MR) is 112 cm³/mol. The highest BCUT2D eigenvalue weighted by molar-refractivity contribution is 6.00. The van der Waals surface area contributed by atoms with Gasteiger partial charge in [0.05, 0.1) is 27.9 Å². The maximum Gasteiger partial charge on any atom is 0.251 e. The van der Waals surface area contributed by atoms with Crippen LogP contribution in [0.2, 0.25) is 0 Å². The molecule has 0 atom stereocenters. The molecule has 0 bridgehead atoms. The molecule has 8 nitrogen and oxygen atoms in total. The molecule has 0 saturated carbocycles. The van der Waals surface area contributed by atoms with Gasteiger partial charge in [-0.3, -0.25) is 9.59 Å². The average Bonchev–Trinajstić information content (AvgIpc) is 2.75. The summed E-state index contributed by atoms with van der Waals surface area (Å²) in [6.45, 7) is 2.72. The summed E-state index contributed by atoms with van der Waals surface area (Å²) in [6.07, 6.45) is 0. The van der Waals surface area contributed by atoms with Crippen LogP contribution in [0.3, 0.4) is 0 Å². The molecule has 0 spiro atoms. The topological polar surface area (TPSA) is 89.1 Å². The number of benzene rings is 2. The highest BCUT2D eigenvalue weighted by Gasteiger charge is 2.17. The van der Waals surface area contributed by atoms with E-state index in [-0.39, 0.29) is 12.5 Å². The molecule has 0 saturated heterocycles. The summed E-state index contributed by atoms with van der Waals surface area (Å²) in [7, 11) is 6.39. The minimum Gasteiger partial charge on any atom is -0.493 e. The van der Waals surface area contributed by atoms with Crippen LogP contribution in [0.25, 0.3) is 0 Å². The second-order valence-electron chi connectivity index (χ2n) is 6.21. The van der Waals surface area contributed by atoms with Gasteiger partial charge in [0.1, 0.15) is 0 Å². The van der Waals surface area contributed by atoms with E-state index in [1.54, 1.807) is 6.07 Å². The number of anilines is 2. The summed E-state index contributed by atoms with van der Waals surface area (Å²) in [6, 6.07) is 10.6. The van der Waals surface area contributed by atoms with Crippen molar-refractivity contribution < 1.29 is 23.8 Å². The molecular weight excluding hydrogens is 374 g/mol. The Balaban J connectivity index is 2.03. The Morgan fingerprint density at radius 3 is 2.21 bits per heavy atom. The Morgan fingerprint density at radius 1 is 1.00 bits per heavy atom. The molecule has 0 heterocycles. The molecule has 0 aromatic heterocycles. The zero-order chi connectivity index (χ0) is 21.4. The number of rotatable bonds is 9. The number of hydrogen-bond acceptors (Lipinski definition) is 6. The Bertz CT molecular complexity index is 844. The van der Waals surface area contributed by atoms with E-state index in [0.717, 1.165) is 12.2 Å². The summed E-state index contributed by atoms with van der Waals surface area (Å²) in [5.74, 6) is 0.346. The summed E-state index contributed by atoms with van der Waals surface area (Å²) < 4.78 is 15.7. The van der Waals surface area contributed by atoms with Gasteiger partial charge in [-0.25, -0.2) is 0 Å². The van der Waals surface area contributed by atoms with Gasteiger partial charge in [-0.2, -0.15) is 0 Å². The van der Waals surface area contributed by atoms with E-state index in [0.29, 0.717) is 28.5 Å². The molecule has 0 aliphatic carbocycles. The van der Waals surface area contributed by atoms with Crippen LogP contribution in [0.5, 0.6) is 17.2 Å². The standard InChI is InChI=1S/C21H27N3O5/c1-6-24(2)16-9-7-8-15(12-16)23-19(25)13-22-21(26)14-10-17(27-3)20(29-5)18(11-14)28-4/h7-12H,6,13H2,1-5H3,(H,22,26)(H,23,25). The van der Waals surface area contributed by atoms with Gasteiger partial charge in [0, 0.05) is 30.5 Å². The van der Waals surface area contributed by atoms with Crippen LogP contribution in [0.1, 0.15) is 17.3 Å². The number of ether oxygens (including phenoxy) is 3. The van der Waals surface area contributed by atoms with Gasteiger partial charge >= 0.3 is 0 Å². The minimum atomic E-state index is -0.432. The lowest BCUT2D eigenvalue weighted by molar-refractivity contribution is -0.115. The van der Waals surface area contributed by atoms with E-state index in [1.807, 2.05) is 32.2 Å². The van der Waals surface area contributed by atoms with E-state index in [1.165, 1.54) is 33.5 Å². The number of nitrogens with zero attached hydrogens (tertiary/aromatic N) is 1. The number of carbonyl (C=O) groups is 2. The molecule has 2 amide bonds. The van der Waals surface area contributed by atoms with Crippen LogP contribution in [0.4, 0.5) is 11.4 Å². The Labute approximate surface area is 170 Å². The first-order valence-corrected chi connectivity index (χ1v) is 9.12. The maximum absolute atomic E-state index is 12.5. The highest BCUT2D eigenvalue weighted by atomic mass is 16.5. The number of methoxy groups -OCH3 is 3. The largest absolute Gasteiger partial charge is 0.493 e. The molecule has 2 aromatic rings. The van der Waals surface area contributed by atoms with Crippen LogP contribution in [-0.4, -0.2) is 53.3 Å². The van der Waals surface area contributed by atoms with Crippen molar-refractivity contribution in [1.29, 1.82) is 0 Å². The third-order valence-electron chi connectivity index (χ3n) is 4.38. The molecule has 156 valence electrons. The van der Waals surface area contributed by atoms with Crippen molar-refractivity contribution >= 4 is 23.2 Å². The lowest BCUT2D eigenvalue weighted by atomic mass is 10.1. The predicted octanol–water partition coefficient (Wildman–Crippen LogP) is 2.54. The summed E-state index contributed by atoms with van der Waals surface area (Å²) >= 11 is 0. The van der Waals surface area contributed by atoms with E-state index in [9.17, 15) is 9.59 Å². The van der Waals surface area contributed by atoms with Crippen LogP contribution < -0.4 is 29.7 Å². The van der Waals surface area contributed by atoms with Crippen molar-refractivity contribution in [2.45, 2.75) is 6.92 Å². The molecule has 2 aromatic carbocycles. The van der Waals surface area contributed by atoms with E-state index >= 15 is 0 Å². The fraction of sp³-hybridized carbons (Fsp3) is 0.333. The molecule has 2 rings (SSSR count). The quantitative estimate of drug-likeness (QED) is 0.671. The highest BCUT2D eigenvalue weighted by Crippen LogP contribution is 2.38. The third-order valence-corrected chi connectivity index (χ3v) is 4.38. The van der Waals surface area contributed by atoms with Crippen LogP contribution in [0.15, 0.2) is 36.4 Å². The van der Waals surface area contributed by atoms with E-state index in [4.69, 9.17) is 14.2 Å². The van der Waals surface area contributed by atoms with Crippen molar-refractivity contribution in [2.24, 2.45) is 0 Å². The molecular formula is C21H27N3O5. The molecule has 0 unspecified atom stereocenters. The smallest absolute Gasteiger partial charge is 0.251 e. The van der Waals surface area contributed by atoms with Crippen LogP contribution in [0, 0.1) is 0 Å². The molecule has 0 radical (unpaired) electrons. The monoisotopic (exact) mass is 401 g/mol. The van der Waals surface area contributed by atoms with E-state index < -0.39 is 5.91 Å². The Kier molecular flexibility index (Phi) is 7.70. The van der Waals surface area contributed by atoms with Crippen molar-refractivity contribution in [2.75, 3.05) is 51.7 Å². The van der Waals surface area contributed by atoms with Crippen molar-refractivity contribution in [3.05, 3.63) is 42.0 Å². The van der Waals surface area contributed by atoms with Gasteiger partial charge in [0.15, 0.2) is 11.5 Å². The number of hydrogen-bond donors (Lipinski definition) is 2. The van der Waals surface area contributed by atoms with Crippen LogP contribution >= 0.6 is 0 Å². The zero-order valence-electron chi connectivity index (χ0n) is 17.4. The van der Waals surface area contributed by atoms with E-state index in [2.05, 4.69) is 15.5 Å². The second kappa shape index (κ2) is 10.2. The molecule has 0 fully saturated rings. The Hall–Kier alpha value is -3.42. The van der Waals surface area contributed by atoms with Crippen molar-refractivity contribution in [3.8, 4) is 17.2 Å². The lowest BCUT2D eigenvalue weighted by Gasteiger charge is -2.17. The molecule has 8 heteroatoms. The Morgan fingerprint density at radius 2 is 1.66 bits per heavy atom. The normalized spacial score (nSPS) is 10.1. The zero-order valence-corrected chi connectivity index (χ0v) is 17.4. The maximum atomic E-state index is 12.5. The second-order valence-corrected chi connectivity index (χ2v) is 6.21. The van der Waals surface area contributed by atoms with Crippen LogP contribution in [-0.2, 0) is 4.79 Å². The number of nitrogens with one attached hydrogen (secondary N) is 2. The number of amides is 2. The van der Waals surface area contributed by atoms with Gasteiger partial charge < -0.3 is 29.7 Å². The van der Waals surface area contributed by atoms with Gasteiger partial charge in [0.25, 0.3) is 5.91 Å². The van der Waals surface area contributed by atoms with Gasteiger partial charge in [-0.05, 0) is 37.3 Å². The first-order valence-electron chi connectivity index (χ1n) is 9.12. The summed E-state index contributed by atoms with van der Waals surface area (Å²) in [4.78, 5) is 26.8. The average molecular weight is 401 g/mol. The van der Waals surface area contributed by atoms with Crippen molar-refractivity contribution in [1.82, 2.24) is 5.32 Å². The molecule has 0 aliphatic rings. The van der Waals surface area contributed by atoms with Gasteiger partial charge in [0.2, 0.25) is 11.7 Å². The molecule has 29 heavy (non-hydrogen) atoms. The number of carbonyl (C=O) groups excluding carboxylic acids is 2. The van der Waals surface area contributed by atoms with Gasteiger partial charge in [-0.15, -0.1) is 0 Å². The van der Waals surface area contributed by atoms with Crippen molar-refractivity contribution in [3.63, 3.8) is 0 Å². The fourth-order valence-corrected chi connectivity index (χ4v) is 2.68. The molecule has 2 N–H and O–H groups in total. The third kappa shape index (κ3) is 5.54.